The summed E-state index contributed by atoms with van der Waals surface area (Å²) in [6.45, 7) is 4.51. The van der Waals surface area contributed by atoms with Gasteiger partial charge in [-0.05, 0) is 65.4 Å². The SMILES string of the molecule is CCCCCc1ccc(CN(C(=O)/C=C/c2ccc(C(F)(F)F)cc2)[C@@H](Cc2ccccc2)C(=O)N2CCN(c3ccccc3OC)CC2)cc1. The van der Waals surface area contributed by atoms with Crippen LogP contribution < -0.4 is 9.64 Å². The lowest BCUT2D eigenvalue weighted by molar-refractivity contribution is -0.144. The Morgan fingerprint density at radius 1 is 0.804 bits per heavy atom. The van der Waals surface area contributed by atoms with Crippen molar-refractivity contribution in [1.82, 2.24) is 9.80 Å². The minimum Gasteiger partial charge on any atom is -0.495 e. The van der Waals surface area contributed by atoms with E-state index < -0.39 is 23.7 Å². The standard InChI is InChI=1S/C42H46F3N3O3/c1-3-4-6-11-32-16-18-35(19-17-32)31-48(40(49)25-22-33-20-23-36(24-21-33)42(43,44)45)38(30-34-12-7-5-8-13-34)41(50)47-28-26-46(27-29-47)37-14-9-10-15-39(37)51-2/h5,7-10,12-25,38H,3-4,6,11,26-31H2,1-2H3/b25-22+/t38-/m0/s1. The molecule has 0 unspecified atom stereocenters. The van der Waals surface area contributed by atoms with E-state index in [4.69, 9.17) is 4.74 Å². The first-order valence-electron chi connectivity index (χ1n) is 17.6. The number of carbonyl (C=O) groups is 2. The molecule has 51 heavy (non-hydrogen) atoms. The van der Waals surface area contributed by atoms with Gasteiger partial charge in [0.1, 0.15) is 11.8 Å². The summed E-state index contributed by atoms with van der Waals surface area (Å²) >= 11 is 0. The molecule has 4 aromatic rings. The Labute approximate surface area is 299 Å². The molecule has 5 rings (SSSR count). The number of carbonyl (C=O) groups excluding carboxylic acids is 2. The quantitative estimate of drug-likeness (QED) is 0.0981. The summed E-state index contributed by atoms with van der Waals surface area (Å²) in [5.41, 5.74) is 3.68. The molecule has 4 aromatic carbocycles. The van der Waals surface area contributed by atoms with Crippen LogP contribution in [-0.2, 0) is 35.2 Å². The predicted octanol–water partition coefficient (Wildman–Crippen LogP) is 8.45. The summed E-state index contributed by atoms with van der Waals surface area (Å²) in [4.78, 5) is 34.4. The first-order chi connectivity index (χ1) is 24.7. The Balaban J connectivity index is 1.43. The van der Waals surface area contributed by atoms with Crippen molar-refractivity contribution in [2.45, 2.75) is 57.8 Å². The molecule has 0 bridgehead atoms. The van der Waals surface area contributed by atoms with Gasteiger partial charge in [0.25, 0.3) is 0 Å². The van der Waals surface area contributed by atoms with E-state index in [0.29, 0.717) is 38.2 Å². The summed E-state index contributed by atoms with van der Waals surface area (Å²) in [6.07, 6.45) is 3.09. The lowest BCUT2D eigenvalue weighted by Crippen LogP contribution is -2.56. The van der Waals surface area contributed by atoms with Gasteiger partial charge in [0.2, 0.25) is 11.8 Å². The highest BCUT2D eigenvalue weighted by Gasteiger charge is 2.34. The molecule has 0 N–H and O–H groups in total. The molecule has 0 spiro atoms. The zero-order valence-electron chi connectivity index (χ0n) is 29.3. The average Bonchev–Trinajstić information content (AvgIpc) is 3.16. The Morgan fingerprint density at radius 3 is 2.10 bits per heavy atom. The number of methoxy groups -OCH3 is 1. The number of hydrogen-bond donors (Lipinski definition) is 0. The number of aryl methyl sites for hydroxylation is 1. The van der Waals surface area contributed by atoms with E-state index in [0.717, 1.165) is 60.4 Å². The number of ether oxygens (including phenoxy) is 1. The summed E-state index contributed by atoms with van der Waals surface area (Å²) < 4.78 is 45.1. The normalized spacial score (nSPS) is 14.1. The Hall–Kier alpha value is -5.05. The highest BCUT2D eigenvalue weighted by molar-refractivity contribution is 5.96. The topological polar surface area (TPSA) is 53.1 Å². The zero-order chi connectivity index (χ0) is 36.2. The zero-order valence-corrected chi connectivity index (χ0v) is 29.3. The third-order valence-electron chi connectivity index (χ3n) is 9.33. The van der Waals surface area contributed by atoms with Crippen LogP contribution in [0.2, 0.25) is 0 Å². The minimum absolute atomic E-state index is 0.147. The summed E-state index contributed by atoms with van der Waals surface area (Å²) in [5, 5.41) is 0. The first-order valence-corrected chi connectivity index (χ1v) is 17.6. The van der Waals surface area contributed by atoms with Gasteiger partial charge in [-0.1, -0.05) is 98.6 Å². The summed E-state index contributed by atoms with van der Waals surface area (Å²) in [7, 11) is 1.64. The van der Waals surface area contributed by atoms with Crippen molar-refractivity contribution in [2.75, 3.05) is 38.2 Å². The highest BCUT2D eigenvalue weighted by atomic mass is 19.4. The van der Waals surface area contributed by atoms with Gasteiger partial charge in [-0.25, -0.2) is 0 Å². The first kappa shape index (κ1) is 37.2. The largest absolute Gasteiger partial charge is 0.495 e. The van der Waals surface area contributed by atoms with Crippen molar-refractivity contribution >= 4 is 23.6 Å². The molecule has 0 saturated carbocycles. The van der Waals surface area contributed by atoms with Crippen LogP contribution in [0, 0.1) is 0 Å². The lowest BCUT2D eigenvalue weighted by atomic mass is 10.0. The molecule has 6 nitrogen and oxygen atoms in total. The smallest absolute Gasteiger partial charge is 0.416 e. The van der Waals surface area contributed by atoms with Crippen LogP contribution in [0.15, 0.2) is 109 Å². The molecule has 1 fully saturated rings. The maximum atomic E-state index is 14.6. The molecule has 0 aliphatic carbocycles. The fourth-order valence-corrected chi connectivity index (χ4v) is 6.41. The van der Waals surface area contributed by atoms with Crippen molar-refractivity contribution in [1.29, 1.82) is 0 Å². The molecule has 1 saturated heterocycles. The molecular formula is C42H46F3N3O3. The number of para-hydroxylation sites is 2. The van der Waals surface area contributed by atoms with Crippen LogP contribution in [0.5, 0.6) is 5.75 Å². The number of nitrogens with zero attached hydrogens (tertiary/aromatic N) is 3. The van der Waals surface area contributed by atoms with Gasteiger partial charge in [-0.2, -0.15) is 13.2 Å². The maximum absolute atomic E-state index is 14.6. The van der Waals surface area contributed by atoms with E-state index >= 15 is 0 Å². The molecule has 0 radical (unpaired) electrons. The van der Waals surface area contributed by atoms with Crippen LogP contribution in [0.25, 0.3) is 6.08 Å². The molecule has 1 heterocycles. The molecule has 2 amide bonds. The molecule has 9 heteroatoms. The van der Waals surface area contributed by atoms with Crippen LogP contribution in [-0.4, -0.2) is 60.9 Å². The number of piperazine rings is 1. The third-order valence-corrected chi connectivity index (χ3v) is 9.33. The number of halogens is 3. The van der Waals surface area contributed by atoms with Gasteiger partial charge in [-0.3, -0.25) is 9.59 Å². The number of anilines is 1. The van der Waals surface area contributed by atoms with Crippen LogP contribution in [0.1, 0.15) is 54.0 Å². The van der Waals surface area contributed by atoms with Crippen molar-refractivity contribution in [3.8, 4) is 5.75 Å². The van der Waals surface area contributed by atoms with Gasteiger partial charge in [0, 0.05) is 45.2 Å². The molecule has 0 aromatic heterocycles. The molecule has 268 valence electrons. The average molecular weight is 698 g/mol. The van der Waals surface area contributed by atoms with Gasteiger partial charge in [-0.15, -0.1) is 0 Å². The second-order valence-corrected chi connectivity index (χ2v) is 12.9. The van der Waals surface area contributed by atoms with Crippen molar-refractivity contribution < 1.29 is 27.5 Å². The second kappa shape index (κ2) is 17.7. The molecule has 1 atom stereocenters. The van der Waals surface area contributed by atoms with E-state index in [9.17, 15) is 22.8 Å². The number of unbranched alkanes of at least 4 members (excludes halogenated alkanes) is 2. The number of hydrogen-bond acceptors (Lipinski definition) is 4. The number of amides is 2. The van der Waals surface area contributed by atoms with Crippen molar-refractivity contribution in [3.63, 3.8) is 0 Å². The van der Waals surface area contributed by atoms with Crippen LogP contribution in [0.3, 0.4) is 0 Å². The second-order valence-electron chi connectivity index (χ2n) is 12.9. The molecule has 1 aliphatic heterocycles. The third kappa shape index (κ3) is 10.2. The van der Waals surface area contributed by atoms with Crippen molar-refractivity contribution in [3.05, 3.63) is 137 Å². The van der Waals surface area contributed by atoms with Gasteiger partial charge >= 0.3 is 6.18 Å². The number of alkyl halides is 3. The van der Waals surface area contributed by atoms with E-state index in [1.165, 1.54) is 29.8 Å². The summed E-state index contributed by atoms with van der Waals surface area (Å²) in [6, 6.07) is 29.5. The fraction of sp³-hybridized carbons (Fsp3) is 0.333. The van der Waals surface area contributed by atoms with E-state index in [2.05, 4.69) is 24.0 Å². The Bertz CT molecular complexity index is 1730. The van der Waals surface area contributed by atoms with Crippen molar-refractivity contribution in [2.24, 2.45) is 0 Å². The maximum Gasteiger partial charge on any atom is 0.416 e. The van der Waals surface area contributed by atoms with Gasteiger partial charge in [0.05, 0.1) is 18.4 Å². The van der Waals surface area contributed by atoms with E-state index in [1.54, 1.807) is 12.0 Å². The fourth-order valence-electron chi connectivity index (χ4n) is 6.41. The van der Waals surface area contributed by atoms with Crippen LogP contribution >= 0.6 is 0 Å². The lowest BCUT2D eigenvalue weighted by Gasteiger charge is -2.40. The predicted molar refractivity (Wildman–Crippen MR) is 196 cm³/mol. The Morgan fingerprint density at radius 2 is 1.45 bits per heavy atom. The van der Waals surface area contributed by atoms with E-state index in [1.807, 2.05) is 71.6 Å². The van der Waals surface area contributed by atoms with Crippen LogP contribution in [0.4, 0.5) is 18.9 Å². The van der Waals surface area contributed by atoms with Gasteiger partial charge < -0.3 is 19.4 Å². The number of rotatable bonds is 14. The van der Waals surface area contributed by atoms with Gasteiger partial charge in [0.15, 0.2) is 0 Å². The Kier molecular flexibility index (Phi) is 12.9. The minimum atomic E-state index is -4.45. The summed E-state index contributed by atoms with van der Waals surface area (Å²) in [5.74, 6) is 0.224. The monoisotopic (exact) mass is 697 g/mol. The molecular weight excluding hydrogens is 651 g/mol. The highest BCUT2D eigenvalue weighted by Crippen LogP contribution is 2.30. The number of benzene rings is 4. The van der Waals surface area contributed by atoms with E-state index in [-0.39, 0.29) is 12.5 Å². The molecule has 1 aliphatic rings.